The lowest BCUT2D eigenvalue weighted by Gasteiger charge is -2.37. The molecule has 5 rings (SSSR count). The Hall–Kier alpha value is -4.57. The first kappa shape index (κ1) is 28.9. The average Bonchev–Trinajstić information content (AvgIpc) is 3.40. The fourth-order valence-electron chi connectivity index (χ4n) is 4.88. The van der Waals surface area contributed by atoms with Crippen LogP contribution < -0.4 is 14.8 Å². The number of ether oxygens (including phenoxy) is 3. The largest absolute Gasteiger partial charge is 0.493 e. The lowest BCUT2D eigenvalue weighted by Crippen LogP contribution is -2.38. The Balaban J connectivity index is 1.46. The number of esters is 1. The predicted molar refractivity (Wildman–Crippen MR) is 159 cm³/mol. The Kier molecular flexibility index (Phi) is 8.92. The molecule has 0 aliphatic carbocycles. The third-order valence-electron chi connectivity index (χ3n) is 6.91. The molecule has 1 unspecified atom stereocenters. The fraction of sp³-hybridized carbons (Fsp3) is 0.219. The average molecular weight is 588 g/mol. The van der Waals surface area contributed by atoms with E-state index in [4.69, 9.17) is 19.2 Å². The van der Waals surface area contributed by atoms with E-state index in [1.165, 1.54) is 23.9 Å². The highest BCUT2D eigenvalue weighted by molar-refractivity contribution is 8.16. The van der Waals surface area contributed by atoms with Crippen LogP contribution in [0.15, 0.2) is 100 Å². The second kappa shape index (κ2) is 12.9. The van der Waals surface area contributed by atoms with Crippen LogP contribution in [0.4, 0.5) is 4.39 Å². The van der Waals surface area contributed by atoms with Gasteiger partial charge in [0.1, 0.15) is 12.4 Å². The van der Waals surface area contributed by atoms with E-state index >= 15 is 0 Å². The molecule has 1 atom stereocenters. The molecule has 0 spiro atoms. The van der Waals surface area contributed by atoms with Crippen molar-refractivity contribution < 1.29 is 28.2 Å². The minimum atomic E-state index is -0.697. The van der Waals surface area contributed by atoms with Gasteiger partial charge in [0, 0.05) is 17.8 Å². The number of rotatable bonds is 10. The number of hydrogen-bond donors (Lipinski definition) is 1. The zero-order valence-electron chi connectivity index (χ0n) is 23.4. The summed E-state index contributed by atoms with van der Waals surface area (Å²) in [5.74, 6) is -0.127. The molecule has 0 saturated carbocycles. The van der Waals surface area contributed by atoms with Gasteiger partial charge in [-0.15, -0.1) is 0 Å². The Labute approximate surface area is 247 Å². The van der Waals surface area contributed by atoms with Gasteiger partial charge in [0.05, 0.1) is 38.0 Å². The van der Waals surface area contributed by atoms with Gasteiger partial charge >= 0.3 is 5.97 Å². The van der Waals surface area contributed by atoms with Crippen LogP contribution in [0.3, 0.4) is 0 Å². The number of halogens is 1. The van der Waals surface area contributed by atoms with Gasteiger partial charge in [0.15, 0.2) is 16.7 Å². The molecule has 2 aliphatic heterocycles. The lowest BCUT2D eigenvalue weighted by atomic mass is 9.92. The van der Waals surface area contributed by atoms with Gasteiger partial charge < -0.3 is 24.4 Å². The van der Waals surface area contributed by atoms with E-state index in [2.05, 4.69) is 5.32 Å². The van der Waals surface area contributed by atoms with Gasteiger partial charge in [-0.25, -0.2) is 14.2 Å². The van der Waals surface area contributed by atoms with E-state index < -0.39 is 12.0 Å². The zero-order valence-corrected chi connectivity index (χ0v) is 24.2. The maximum atomic E-state index is 13.7. The minimum Gasteiger partial charge on any atom is -0.493 e. The van der Waals surface area contributed by atoms with Crippen LogP contribution in [-0.4, -0.2) is 36.2 Å². The summed E-state index contributed by atoms with van der Waals surface area (Å²) in [6.45, 7) is 2.12. The van der Waals surface area contributed by atoms with E-state index in [9.17, 15) is 14.0 Å². The zero-order chi connectivity index (χ0) is 29.6. The molecule has 216 valence electrons. The molecule has 1 N–H and O–H groups in total. The molecule has 0 bridgehead atoms. The van der Waals surface area contributed by atoms with Crippen LogP contribution in [0.1, 0.15) is 36.1 Å². The van der Waals surface area contributed by atoms with E-state index in [1.807, 2.05) is 52.8 Å². The van der Waals surface area contributed by atoms with Crippen LogP contribution in [0.25, 0.3) is 0 Å². The second-order valence-electron chi connectivity index (χ2n) is 9.62. The number of methoxy groups -OCH3 is 2. The maximum Gasteiger partial charge on any atom is 0.338 e. The molecular formula is C32H30FN3O5S. The maximum absolute atomic E-state index is 13.7. The lowest BCUT2D eigenvalue weighted by molar-refractivity contribution is -0.141. The van der Waals surface area contributed by atoms with Crippen LogP contribution in [0, 0.1) is 5.82 Å². The summed E-state index contributed by atoms with van der Waals surface area (Å²) < 4.78 is 30.4. The molecule has 0 radical (unpaired) electrons. The SMILES string of the molecule is COc1cccc(C2C(C(=O)OCc3ccccc3)=C(C)N=C3SC=C(CC(=O)NCc4ccc(F)cc4)N32)c1OC. The Morgan fingerprint density at radius 3 is 2.45 bits per heavy atom. The van der Waals surface area contributed by atoms with Crippen molar-refractivity contribution >= 4 is 28.8 Å². The normalized spacial score (nSPS) is 15.9. The molecule has 2 aliphatic rings. The highest BCUT2D eigenvalue weighted by atomic mass is 32.2. The van der Waals surface area contributed by atoms with Crippen molar-refractivity contribution in [2.24, 2.45) is 4.99 Å². The van der Waals surface area contributed by atoms with Crippen molar-refractivity contribution in [3.63, 3.8) is 0 Å². The van der Waals surface area contributed by atoms with Crippen molar-refractivity contribution in [1.29, 1.82) is 0 Å². The summed E-state index contributed by atoms with van der Waals surface area (Å²) in [4.78, 5) is 33.4. The number of aliphatic imine (C=N–C) groups is 1. The third kappa shape index (κ3) is 6.18. The van der Waals surface area contributed by atoms with Gasteiger partial charge in [-0.3, -0.25) is 4.79 Å². The minimum absolute atomic E-state index is 0.0292. The Morgan fingerprint density at radius 1 is 0.976 bits per heavy atom. The topological polar surface area (TPSA) is 89.5 Å². The molecular weight excluding hydrogens is 557 g/mol. The summed E-state index contributed by atoms with van der Waals surface area (Å²) in [5, 5.41) is 5.38. The number of benzene rings is 3. The van der Waals surface area contributed by atoms with E-state index in [-0.39, 0.29) is 31.3 Å². The number of carbonyl (C=O) groups is 2. The van der Waals surface area contributed by atoms with Crippen molar-refractivity contribution in [3.05, 3.63) is 118 Å². The number of nitrogens with zero attached hydrogens (tertiary/aromatic N) is 2. The first-order chi connectivity index (χ1) is 20.4. The quantitative estimate of drug-likeness (QED) is 0.297. The number of hydrogen-bond acceptors (Lipinski definition) is 8. The summed E-state index contributed by atoms with van der Waals surface area (Å²) in [6.07, 6.45) is 0.0292. The third-order valence-corrected chi connectivity index (χ3v) is 7.79. The molecule has 8 nitrogen and oxygen atoms in total. The van der Waals surface area contributed by atoms with Crippen molar-refractivity contribution in [2.75, 3.05) is 14.2 Å². The van der Waals surface area contributed by atoms with Crippen LogP contribution in [0.2, 0.25) is 0 Å². The number of carbonyl (C=O) groups excluding carboxylic acids is 2. The van der Waals surface area contributed by atoms with Crippen LogP contribution >= 0.6 is 11.8 Å². The number of thioether (sulfide) groups is 1. The van der Waals surface area contributed by atoms with Crippen molar-refractivity contribution in [2.45, 2.75) is 32.5 Å². The fourth-order valence-corrected chi connectivity index (χ4v) is 5.85. The molecule has 10 heteroatoms. The first-order valence-electron chi connectivity index (χ1n) is 13.3. The Bertz CT molecular complexity index is 1570. The molecule has 0 fully saturated rings. The van der Waals surface area contributed by atoms with Gasteiger partial charge in [0.25, 0.3) is 0 Å². The van der Waals surface area contributed by atoms with Crippen molar-refractivity contribution in [1.82, 2.24) is 10.2 Å². The van der Waals surface area contributed by atoms with Gasteiger partial charge in [-0.2, -0.15) is 0 Å². The van der Waals surface area contributed by atoms with Crippen LogP contribution in [0.5, 0.6) is 11.5 Å². The standard InChI is InChI=1S/C32H30FN3O5S/c1-20-28(31(38)41-18-22-8-5-4-6-9-22)29(25-10-7-11-26(39-2)30(25)40-3)36-24(19-42-32(36)35-20)16-27(37)34-17-21-12-14-23(33)15-13-21/h4-15,19,29H,16-18H2,1-3H3,(H,34,37). The second-order valence-corrected chi connectivity index (χ2v) is 10.5. The molecule has 0 aromatic heterocycles. The summed E-state index contributed by atoms with van der Waals surface area (Å²) >= 11 is 1.38. The first-order valence-corrected chi connectivity index (χ1v) is 14.1. The number of para-hydroxylation sites is 1. The number of fused-ring (bicyclic) bond motifs is 1. The Morgan fingerprint density at radius 2 is 1.74 bits per heavy atom. The molecule has 0 saturated heterocycles. The molecule has 42 heavy (non-hydrogen) atoms. The van der Waals surface area contributed by atoms with Gasteiger partial charge in [-0.05, 0) is 41.7 Å². The number of amides is 1. The van der Waals surface area contributed by atoms with E-state index in [0.717, 1.165) is 11.1 Å². The van der Waals surface area contributed by atoms with Gasteiger partial charge in [-0.1, -0.05) is 66.4 Å². The van der Waals surface area contributed by atoms with Crippen LogP contribution in [-0.2, 0) is 27.5 Å². The predicted octanol–water partition coefficient (Wildman–Crippen LogP) is 5.87. The highest BCUT2D eigenvalue weighted by Crippen LogP contribution is 2.48. The number of nitrogens with one attached hydrogen (secondary N) is 1. The highest BCUT2D eigenvalue weighted by Gasteiger charge is 2.42. The van der Waals surface area contributed by atoms with E-state index in [0.29, 0.717) is 39.2 Å². The molecule has 1 amide bonds. The monoisotopic (exact) mass is 587 g/mol. The molecule has 3 aromatic rings. The number of amidine groups is 1. The summed E-state index contributed by atoms with van der Waals surface area (Å²) in [6, 6.07) is 20.2. The van der Waals surface area contributed by atoms with Crippen molar-refractivity contribution in [3.8, 4) is 11.5 Å². The van der Waals surface area contributed by atoms with Gasteiger partial charge in [0.2, 0.25) is 5.91 Å². The molecule has 3 aromatic carbocycles. The summed E-state index contributed by atoms with van der Waals surface area (Å²) in [7, 11) is 3.09. The van der Waals surface area contributed by atoms with E-state index in [1.54, 1.807) is 39.3 Å². The number of allylic oxidation sites excluding steroid dienone is 1. The summed E-state index contributed by atoms with van der Waals surface area (Å²) in [5.41, 5.74) is 3.80. The smallest absolute Gasteiger partial charge is 0.338 e. The molecule has 2 heterocycles.